The molecule has 0 saturated heterocycles. The number of fused-ring (bicyclic) bond motifs is 1. The van der Waals surface area contributed by atoms with Gasteiger partial charge in [-0.05, 0) is 66.2 Å². The lowest BCUT2D eigenvalue weighted by Crippen LogP contribution is -2.33. The first-order chi connectivity index (χ1) is 16.0. The highest BCUT2D eigenvalue weighted by Crippen LogP contribution is 2.30. The van der Waals surface area contributed by atoms with Crippen LogP contribution in [0.15, 0.2) is 60.0 Å². The highest BCUT2D eigenvalue weighted by atomic mass is 32.1. The Morgan fingerprint density at radius 1 is 1.12 bits per heavy atom. The summed E-state index contributed by atoms with van der Waals surface area (Å²) in [7, 11) is 0. The first-order valence-corrected chi connectivity index (χ1v) is 11.4. The molecule has 2 aromatic carbocycles. The Kier molecular flexibility index (Phi) is 5.47. The summed E-state index contributed by atoms with van der Waals surface area (Å²) in [6.07, 6.45) is 1.70. The summed E-state index contributed by atoms with van der Waals surface area (Å²) in [5.41, 5.74) is 2.96. The first-order valence-electron chi connectivity index (χ1n) is 10.5. The molecule has 0 aliphatic carbocycles. The molecule has 2 amide bonds. The van der Waals surface area contributed by atoms with E-state index in [4.69, 9.17) is 0 Å². The Morgan fingerprint density at radius 3 is 2.76 bits per heavy atom. The maximum Gasteiger partial charge on any atom is 0.295 e. The quantitative estimate of drug-likeness (QED) is 0.478. The molecule has 0 saturated carbocycles. The molecule has 0 radical (unpaired) electrons. The van der Waals surface area contributed by atoms with Gasteiger partial charge in [-0.25, -0.2) is 14.1 Å². The van der Waals surface area contributed by atoms with Crippen molar-refractivity contribution in [1.29, 1.82) is 0 Å². The minimum absolute atomic E-state index is 0.000862. The van der Waals surface area contributed by atoms with Gasteiger partial charge >= 0.3 is 0 Å². The zero-order chi connectivity index (χ0) is 22.9. The molecule has 2 aromatic heterocycles. The number of hydrogen-bond donors (Lipinski definition) is 1. The van der Waals surface area contributed by atoms with Gasteiger partial charge in [0.15, 0.2) is 5.82 Å². The summed E-state index contributed by atoms with van der Waals surface area (Å²) in [6.45, 7) is 2.25. The minimum Gasteiger partial charge on any atom is -0.319 e. The molecule has 0 unspecified atom stereocenters. The fourth-order valence-electron chi connectivity index (χ4n) is 3.95. The number of benzene rings is 2. The topological polar surface area (TPSA) is 80.1 Å². The fourth-order valence-corrected chi connectivity index (χ4v) is 4.65. The number of amides is 2. The second kappa shape index (κ2) is 8.59. The van der Waals surface area contributed by atoms with Crippen LogP contribution in [-0.2, 0) is 11.2 Å². The summed E-state index contributed by atoms with van der Waals surface area (Å²) >= 11 is 1.46. The van der Waals surface area contributed by atoms with E-state index >= 15 is 0 Å². The summed E-state index contributed by atoms with van der Waals surface area (Å²) in [5, 5.41) is 9.13. The zero-order valence-corrected chi connectivity index (χ0v) is 18.6. The van der Waals surface area contributed by atoms with Crippen molar-refractivity contribution in [2.75, 3.05) is 16.8 Å². The van der Waals surface area contributed by atoms with E-state index in [-0.39, 0.29) is 11.7 Å². The molecule has 0 spiro atoms. The molecule has 0 fully saturated rings. The molecule has 5 rings (SSSR count). The lowest BCUT2D eigenvalue weighted by atomic mass is 10.0. The number of halogens is 1. The summed E-state index contributed by atoms with van der Waals surface area (Å²) in [5.74, 6) is -0.433. The average molecular weight is 462 g/mol. The van der Waals surface area contributed by atoms with Crippen LogP contribution in [0.3, 0.4) is 0 Å². The van der Waals surface area contributed by atoms with E-state index in [9.17, 15) is 14.0 Å². The van der Waals surface area contributed by atoms with Crippen molar-refractivity contribution >= 4 is 34.5 Å². The SMILES string of the molecule is CC(=O)N1CCCc2cc(NC(=O)c3nc(-c4cccs4)n(-c4cccc(F)c4)n3)ccc21. The van der Waals surface area contributed by atoms with Gasteiger partial charge in [0.25, 0.3) is 5.91 Å². The van der Waals surface area contributed by atoms with Gasteiger partial charge in [-0.3, -0.25) is 9.59 Å². The Bertz CT molecular complexity index is 1350. The van der Waals surface area contributed by atoms with Crippen LogP contribution in [0, 0.1) is 5.82 Å². The normalized spacial score (nSPS) is 13.0. The zero-order valence-electron chi connectivity index (χ0n) is 17.8. The molecule has 9 heteroatoms. The van der Waals surface area contributed by atoms with Crippen LogP contribution in [0.1, 0.15) is 29.5 Å². The molecule has 7 nitrogen and oxygen atoms in total. The largest absolute Gasteiger partial charge is 0.319 e. The third-order valence-corrected chi connectivity index (χ3v) is 6.31. The van der Waals surface area contributed by atoms with Crippen LogP contribution in [0.4, 0.5) is 15.8 Å². The van der Waals surface area contributed by atoms with Crippen molar-refractivity contribution in [3.8, 4) is 16.4 Å². The fraction of sp³-hybridized carbons (Fsp3) is 0.167. The van der Waals surface area contributed by atoms with Crippen LogP contribution in [0.25, 0.3) is 16.4 Å². The van der Waals surface area contributed by atoms with Gasteiger partial charge in [-0.15, -0.1) is 16.4 Å². The van der Waals surface area contributed by atoms with Gasteiger partial charge in [0.2, 0.25) is 11.7 Å². The lowest BCUT2D eigenvalue weighted by Gasteiger charge is -2.28. The maximum atomic E-state index is 13.8. The van der Waals surface area contributed by atoms with Crippen LogP contribution >= 0.6 is 11.3 Å². The molecule has 1 aliphatic heterocycles. The van der Waals surface area contributed by atoms with E-state index < -0.39 is 11.7 Å². The van der Waals surface area contributed by atoms with Gasteiger partial charge in [0.1, 0.15) is 5.82 Å². The van der Waals surface area contributed by atoms with E-state index in [0.717, 1.165) is 29.0 Å². The highest BCUT2D eigenvalue weighted by Gasteiger charge is 2.22. The van der Waals surface area contributed by atoms with Gasteiger partial charge in [0, 0.05) is 24.8 Å². The molecular weight excluding hydrogens is 441 g/mol. The highest BCUT2D eigenvalue weighted by molar-refractivity contribution is 7.13. The predicted octanol–water partition coefficient (Wildman–Crippen LogP) is 4.69. The summed E-state index contributed by atoms with van der Waals surface area (Å²) < 4.78 is 15.3. The summed E-state index contributed by atoms with van der Waals surface area (Å²) in [4.78, 5) is 31.9. The molecule has 166 valence electrons. The number of nitrogens with one attached hydrogen (secondary N) is 1. The van der Waals surface area contributed by atoms with E-state index in [0.29, 0.717) is 23.7 Å². The minimum atomic E-state index is -0.470. The van der Waals surface area contributed by atoms with E-state index in [1.165, 1.54) is 28.2 Å². The maximum absolute atomic E-state index is 13.8. The van der Waals surface area contributed by atoms with Crippen molar-refractivity contribution in [2.45, 2.75) is 19.8 Å². The number of anilines is 2. The van der Waals surface area contributed by atoms with Crippen LogP contribution in [0.5, 0.6) is 0 Å². The molecule has 0 bridgehead atoms. The van der Waals surface area contributed by atoms with Crippen molar-refractivity contribution in [2.24, 2.45) is 0 Å². The molecule has 3 heterocycles. The standard InChI is InChI=1S/C24H20FN5O2S/c1-15(31)29-11-3-5-16-13-18(9-10-20(16)29)26-24(32)22-27-23(21-8-4-12-33-21)30(28-22)19-7-2-6-17(25)14-19/h2,4,6-10,12-14H,3,5,11H2,1H3,(H,26,32). The molecule has 1 aliphatic rings. The van der Waals surface area contributed by atoms with Crippen molar-refractivity contribution in [3.63, 3.8) is 0 Å². The second-order valence-corrected chi connectivity index (χ2v) is 8.65. The Labute approximate surface area is 193 Å². The molecule has 33 heavy (non-hydrogen) atoms. The number of rotatable bonds is 4. The molecule has 0 atom stereocenters. The number of hydrogen-bond acceptors (Lipinski definition) is 5. The number of nitrogens with zero attached hydrogens (tertiary/aromatic N) is 4. The van der Waals surface area contributed by atoms with Gasteiger partial charge in [-0.1, -0.05) is 12.1 Å². The third kappa shape index (κ3) is 4.14. The van der Waals surface area contributed by atoms with Gasteiger partial charge < -0.3 is 10.2 Å². The Morgan fingerprint density at radius 2 is 2.00 bits per heavy atom. The summed E-state index contributed by atoms with van der Waals surface area (Å²) in [6, 6.07) is 15.2. The van der Waals surface area contributed by atoms with E-state index in [1.807, 2.05) is 29.6 Å². The third-order valence-electron chi connectivity index (χ3n) is 5.44. The Balaban J connectivity index is 1.46. The number of thiophene rings is 1. The number of aromatic nitrogens is 3. The van der Waals surface area contributed by atoms with E-state index in [1.54, 1.807) is 30.0 Å². The van der Waals surface area contributed by atoms with Crippen molar-refractivity contribution in [1.82, 2.24) is 14.8 Å². The number of carbonyl (C=O) groups is 2. The van der Waals surface area contributed by atoms with Crippen LogP contribution < -0.4 is 10.2 Å². The smallest absolute Gasteiger partial charge is 0.295 e. The molecule has 1 N–H and O–H groups in total. The number of carbonyl (C=O) groups excluding carboxylic acids is 2. The predicted molar refractivity (Wildman–Crippen MR) is 125 cm³/mol. The molecular formula is C24H20FN5O2S. The average Bonchev–Trinajstić information content (AvgIpc) is 3.48. The van der Waals surface area contributed by atoms with Crippen molar-refractivity contribution < 1.29 is 14.0 Å². The second-order valence-electron chi connectivity index (χ2n) is 7.70. The Hall–Kier alpha value is -3.85. The van der Waals surface area contributed by atoms with Gasteiger partial charge in [-0.2, -0.15) is 0 Å². The van der Waals surface area contributed by atoms with Crippen LogP contribution in [0.2, 0.25) is 0 Å². The van der Waals surface area contributed by atoms with Crippen molar-refractivity contribution in [3.05, 3.63) is 77.2 Å². The monoisotopic (exact) mass is 461 g/mol. The van der Waals surface area contributed by atoms with Gasteiger partial charge in [0.05, 0.1) is 10.6 Å². The lowest BCUT2D eigenvalue weighted by molar-refractivity contribution is -0.116. The first kappa shape index (κ1) is 21.0. The van der Waals surface area contributed by atoms with E-state index in [2.05, 4.69) is 15.4 Å². The number of aryl methyl sites for hydroxylation is 1. The van der Waals surface area contributed by atoms with Crippen LogP contribution in [-0.4, -0.2) is 33.1 Å². The molecule has 4 aromatic rings.